The van der Waals surface area contributed by atoms with Crippen LogP contribution in [0, 0.1) is 0 Å². The van der Waals surface area contributed by atoms with Crippen LogP contribution >= 0.6 is 0 Å². The first kappa shape index (κ1) is 28.9. The molecule has 8 rings (SSSR count). The fourth-order valence-electron chi connectivity index (χ4n) is 5.97. The number of nitrogens with zero attached hydrogens (tertiary/aromatic N) is 4. The molecule has 2 heterocycles. The lowest BCUT2D eigenvalue weighted by Crippen LogP contribution is -2.01. The van der Waals surface area contributed by atoms with E-state index in [2.05, 4.69) is 138 Å². The van der Waals surface area contributed by atoms with Crippen molar-refractivity contribution in [2.45, 2.75) is 0 Å². The van der Waals surface area contributed by atoms with Crippen molar-refractivity contribution in [1.82, 2.24) is 19.9 Å². The van der Waals surface area contributed by atoms with E-state index < -0.39 is 0 Å². The molecule has 8 aromatic rings. The fourth-order valence-corrected chi connectivity index (χ4v) is 5.97. The van der Waals surface area contributed by atoms with Crippen LogP contribution in [0.5, 0.6) is 0 Å². The van der Waals surface area contributed by atoms with Crippen LogP contribution in [0.4, 0.5) is 0 Å². The highest BCUT2D eigenvalue weighted by Crippen LogP contribution is 2.35. The zero-order valence-corrected chi connectivity index (χ0v) is 26.1. The molecule has 0 N–H and O–H groups in total. The predicted octanol–water partition coefficient (Wildman–Crippen LogP) is 10.9. The summed E-state index contributed by atoms with van der Waals surface area (Å²) in [7, 11) is 0. The molecular formula is C44H30N4. The highest BCUT2D eigenvalue weighted by Gasteiger charge is 2.16. The van der Waals surface area contributed by atoms with Crippen LogP contribution < -0.4 is 0 Å². The molecule has 48 heavy (non-hydrogen) atoms. The Morgan fingerprint density at radius 2 is 0.500 bits per heavy atom. The van der Waals surface area contributed by atoms with Gasteiger partial charge in [0.2, 0.25) is 0 Å². The smallest absolute Gasteiger partial charge is 0.164 e. The van der Waals surface area contributed by atoms with Gasteiger partial charge in [-0.25, -0.2) is 15.0 Å². The van der Waals surface area contributed by atoms with E-state index >= 15 is 0 Å². The normalized spacial score (nSPS) is 10.9. The van der Waals surface area contributed by atoms with Gasteiger partial charge in [0.05, 0.1) is 0 Å². The second-order valence-electron chi connectivity index (χ2n) is 11.6. The first-order valence-corrected chi connectivity index (χ1v) is 16.0. The van der Waals surface area contributed by atoms with Crippen LogP contribution in [0.3, 0.4) is 0 Å². The highest BCUT2D eigenvalue weighted by molar-refractivity contribution is 5.82. The second kappa shape index (κ2) is 13.1. The zero-order chi connectivity index (χ0) is 32.1. The van der Waals surface area contributed by atoms with Gasteiger partial charge in [0, 0.05) is 29.1 Å². The number of hydrogen-bond acceptors (Lipinski definition) is 4. The molecule has 4 nitrogen and oxygen atoms in total. The van der Waals surface area contributed by atoms with Gasteiger partial charge < -0.3 is 0 Å². The molecule has 2 aromatic heterocycles. The van der Waals surface area contributed by atoms with E-state index in [4.69, 9.17) is 15.0 Å². The Bertz CT molecular complexity index is 2050. The lowest BCUT2D eigenvalue weighted by molar-refractivity contribution is 1.07. The second-order valence-corrected chi connectivity index (χ2v) is 11.6. The summed E-state index contributed by atoms with van der Waals surface area (Å²) in [5, 5.41) is 0. The number of benzene rings is 6. The third-order valence-corrected chi connectivity index (χ3v) is 8.38. The van der Waals surface area contributed by atoms with Crippen molar-refractivity contribution >= 4 is 0 Å². The van der Waals surface area contributed by atoms with E-state index in [1.165, 1.54) is 0 Å². The summed E-state index contributed by atoms with van der Waals surface area (Å²) < 4.78 is 0. The Balaban J connectivity index is 1.36. The predicted molar refractivity (Wildman–Crippen MR) is 196 cm³/mol. The van der Waals surface area contributed by atoms with Crippen LogP contribution in [0.1, 0.15) is 0 Å². The number of pyridine rings is 1. The molecule has 4 heteroatoms. The first-order chi connectivity index (χ1) is 23.8. The quantitative estimate of drug-likeness (QED) is 0.179. The Labute approximate surface area is 280 Å². The fraction of sp³-hybridized carbons (Fsp3) is 0. The summed E-state index contributed by atoms with van der Waals surface area (Å²) in [5.41, 5.74) is 11.6. The summed E-state index contributed by atoms with van der Waals surface area (Å²) in [6.45, 7) is 0. The van der Waals surface area contributed by atoms with E-state index in [9.17, 15) is 0 Å². The maximum absolute atomic E-state index is 5.20. The van der Waals surface area contributed by atoms with Gasteiger partial charge in [-0.05, 0) is 93.0 Å². The minimum Gasteiger partial charge on any atom is -0.265 e. The molecule has 226 valence electrons. The largest absolute Gasteiger partial charge is 0.265 e. The SMILES string of the molecule is c1ccc(-c2cc(-c3ccccc3)cc(-c3nc(-c4ccncc4)nc(-c4cc(-c5ccccc5)cc(-c5ccccc5)c4)n3)c2)cc1. The number of hydrogen-bond donors (Lipinski definition) is 0. The van der Waals surface area contributed by atoms with Crippen molar-refractivity contribution in [2.75, 3.05) is 0 Å². The summed E-state index contributed by atoms with van der Waals surface area (Å²) in [5.74, 6) is 1.80. The van der Waals surface area contributed by atoms with Crippen LogP contribution in [-0.4, -0.2) is 19.9 Å². The molecule has 0 saturated heterocycles. The molecule has 0 unspecified atom stereocenters. The Kier molecular flexibility index (Phi) is 7.87. The Hall–Kier alpha value is -6.52. The zero-order valence-electron chi connectivity index (χ0n) is 26.1. The van der Waals surface area contributed by atoms with Gasteiger partial charge in [0.1, 0.15) is 0 Å². The lowest BCUT2D eigenvalue weighted by Gasteiger charge is -2.14. The van der Waals surface area contributed by atoms with Crippen molar-refractivity contribution in [3.63, 3.8) is 0 Å². The van der Waals surface area contributed by atoms with E-state index in [1.807, 2.05) is 36.4 Å². The van der Waals surface area contributed by atoms with Gasteiger partial charge in [0.15, 0.2) is 17.5 Å². The summed E-state index contributed by atoms with van der Waals surface area (Å²) in [6.07, 6.45) is 3.54. The van der Waals surface area contributed by atoms with Crippen molar-refractivity contribution in [3.05, 3.63) is 182 Å². The van der Waals surface area contributed by atoms with Crippen molar-refractivity contribution in [1.29, 1.82) is 0 Å². The number of aromatic nitrogens is 4. The van der Waals surface area contributed by atoms with E-state index in [1.54, 1.807) is 12.4 Å². The number of rotatable bonds is 7. The molecule has 0 spiro atoms. The van der Waals surface area contributed by atoms with Crippen molar-refractivity contribution in [3.8, 4) is 78.7 Å². The molecular weight excluding hydrogens is 585 g/mol. The van der Waals surface area contributed by atoms with Gasteiger partial charge in [0.25, 0.3) is 0 Å². The van der Waals surface area contributed by atoms with Crippen LogP contribution in [0.25, 0.3) is 78.7 Å². The maximum Gasteiger partial charge on any atom is 0.164 e. The monoisotopic (exact) mass is 614 g/mol. The third kappa shape index (κ3) is 6.15. The van der Waals surface area contributed by atoms with Gasteiger partial charge in [-0.3, -0.25) is 4.98 Å². The average molecular weight is 615 g/mol. The van der Waals surface area contributed by atoms with Gasteiger partial charge >= 0.3 is 0 Å². The Morgan fingerprint density at radius 3 is 0.812 bits per heavy atom. The topological polar surface area (TPSA) is 51.6 Å². The molecule has 0 bridgehead atoms. The standard InChI is InChI=1S/C44H30N4/c1-5-13-31(14-6-1)36-25-37(32-15-7-2-8-16-32)28-40(27-36)43-46-42(35-21-23-45-24-22-35)47-44(48-43)41-29-38(33-17-9-3-10-18-33)26-39(30-41)34-19-11-4-12-20-34/h1-30H. The summed E-state index contributed by atoms with van der Waals surface area (Å²) in [6, 6.07) is 58.8. The molecule has 0 aliphatic heterocycles. The van der Waals surface area contributed by atoms with E-state index in [0.29, 0.717) is 17.5 Å². The average Bonchev–Trinajstić information content (AvgIpc) is 3.19. The molecule has 0 aliphatic carbocycles. The summed E-state index contributed by atoms with van der Waals surface area (Å²) in [4.78, 5) is 19.6. The van der Waals surface area contributed by atoms with Crippen molar-refractivity contribution in [2.24, 2.45) is 0 Å². The molecule has 6 aromatic carbocycles. The maximum atomic E-state index is 5.20. The molecule has 0 saturated carbocycles. The van der Waals surface area contributed by atoms with Gasteiger partial charge in [-0.1, -0.05) is 121 Å². The summed E-state index contributed by atoms with van der Waals surface area (Å²) >= 11 is 0. The minimum atomic E-state index is 0.593. The van der Waals surface area contributed by atoms with Crippen LogP contribution in [0.2, 0.25) is 0 Å². The highest BCUT2D eigenvalue weighted by atomic mass is 15.0. The van der Waals surface area contributed by atoms with E-state index in [0.717, 1.165) is 61.2 Å². The molecule has 0 fully saturated rings. The molecule has 0 amide bonds. The Morgan fingerprint density at radius 1 is 0.229 bits per heavy atom. The minimum absolute atomic E-state index is 0.593. The van der Waals surface area contributed by atoms with Gasteiger partial charge in [-0.2, -0.15) is 0 Å². The molecule has 0 radical (unpaired) electrons. The van der Waals surface area contributed by atoms with Crippen LogP contribution in [0.15, 0.2) is 182 Å². The van der Waals surface area contributed by atoms with Crippen molar-refractivity contribution < 1.29 is 0 Å². The first-order valence-electron chi connectivity index (χ1n) is 16.0. The lowest BCUT2D eigenvalue weighted by atomic mass is 9.95. The molecule has 0 aliphatic rings. The van der Waals surface area contributed by atoms with E-state index in [-0.39, 0.29) is 0 Å². The van der Waals surface area contributed by atoms with Gasteiger partial charge in [-0.15, -0.1) is 0 Å². The third-order valence-electron chi connectivity index (χ3n) is 8.38. The molecule has 0 atom stereocenters. The van der Waals surface area contributed by atoms with Crippen LogP contribution in [-0.2, 0) is 0 Å².